The lowest BCUT2D eigenvalue weighted by atomic mass is 10.2. The normalized spacial score (nSPS) is 8.08. The van der Waals surface area contributed by atoms with Gasteiger partial charge in [0.2, 0.25) is 5.91 Å². The van der Waals surface area contributed by atoms with Crippen molar-refractivity contribution in [2.24, 2.45) is 5.73 Å². The Bertz CT molecular complexity index is 149. The van der Waals surface area contributed by atoms with E-state index in [4.69, 9.17) is 11.0 Å². The fourth-order valence-corrected chi connectivity index (χ4v) is 0.607. The standard InChI is InChI=1S/C5H11NO.C5H9N/c1-2-3-4-5(6)7;1-2-3-4-5-6/h2-4H2,1H3,(H2,6,7);2-4H2,1H3. The topological polar surface area (TPSA) is 66.9 Å². The number of nitrogens with zero attached hydrogens (tertiary/aromatic N) is 1. The van der Waals surface area contributed by atoms with Gasteiger partial charge in [-0.1, -0.05) is 26.7 Å². The average Bonchev–Trinajstić information content (AvgIpc) is 2.12. The van der Waals surface area contributed by atoms with Gasteiger partial charge >= 0.3 is 0 Å². The second-order valence-corrected chi connectivity index (χ2v) is 2.83. The van der Waals surface area contributed by atoms with Gasteiger partial charge in [-0.05, 0) is 12.8 Å². The van der Waals surface area contributed by atoms with Crippen LogP contribution in [-0.2, 0) is 4.79 Å². The summed E-state index contributed by atoms with van der Waals surface area (Å²) in [5.74, 6) is -0.193. The van der Waals surface area contributed by atoms with Gasteiger partial charge in [0, 0.05) is 12.8 Å². The predicted octanol–water partition coefficient (Wildman–Crippen LogP) is 2.36. The monoisotopic (exact) mass is 184 g/mol. The Balaban J connectivity index is 0. The number of hydrogen-bond donors (Lipinski definition) is 1. The molecule has 76 valence electrons. The van der Waals surface area contributed by atoms with Crippen molar-refractivity contribution in [3.63, 3.8) is 0 Å². The maximum absolute atomic E-state index is 9.98. The molecule has 0 rings (SSSR count). The van der Waals surface area contributed by atoms with E-state index in [-0.39, 0.29) is 5.91 Å². The van der Waals surface area contributed by atoms with Crippen LogP contribution in [0.2, 0.25) is 0 Å². The van der Waals surface area contributed by atoms with Crippen molar-refractivity contribution in [2.75, 3.05) is 0 Å². The molecule has 3 nitrogen and oxygen atoms in total. The molecule has 0 aromatic carbocycles. The van der Waals surface area contributed by atoms with E-state index in [2.05, 4.69) is 13.0 Å². The molecule has 0 saturated carbocycles. The van der Waals surface area contributed by atoms with Crippen LogP contribution in [0.5, 0.6) is 0 Å². The summed E-state index contributed by atoms with van der Waals surface area (Å²) in [5.41, 5.74) is 4.84. The van der Waals surface area contributed by atoms with Crippen LogP contribution in [0.15, 0.2) is 0 Å². The Morgan fingerprint density at radius 3 is 2.00 bits per heavy atom. The molecule has 3 heteroatoms. The lowest BCUT2D eigenvalue weighted by Gasteiger charge is -1.86. The van der Waals surface area contributed by atoms with Crippen LogP contribution in [0.25, 0.3) is 0 Å². The minimum absolute atomic E-state index is 0.193. The third kappa shape index (κ3) is 24.8. The first-order chi connectivity index (χ1) is 6.18. The molecule has 0 radical (unpaired) electrons. The van der Waals surface area contributed by atoms with Gasteiger partial charge in [-0.2, -0.15) is 5.26 Å². The van der Waals surface area contributed by atoms with Crippen molar-refractivity contribution in [1.82, 2.24) is 0 Å². The highest BCUT2D eigenvalue weighted by Gasteiger charge is 1.88. The molecule has 0 aliphatic heterocycles. The molecule has 0 unspecified atom stereocenters. The summed E-state index contributed by atoms with van der Waals surface area (Å²) in [5, 5.41) is 7.95. The van der Waals surface area contributed by atoms with Gasteiger partial charge in [0.25, 0.3) is 0 Å². The highest BCUT2D eigenvalue weighted by atomic mass is 16.1. The molecule has 2 N–H and O–H groups in total. The van der Waals surface area contributed by atoms with E-state index < -0.39 is 0 Å². The second kappa shape index (κ2) is 13.5. The molecule has 1 amide bonds. The molecule has 0 aromatic rings. The molecule has 0 bridgehead atoms. The Morgan fingerprint density at radius 1 is 1.31 bits per heavy atom. The number of hydrogen-bond acceptors (Lipinski definition) is 2. The first kappa shape index (κ1) is 14.5. The van der Waals surface area contributed by atoms with E-state index in [1.165, 1.54) is 0 Å². The Labute approximate surface area is 80.9 Å². The van der Waals surface area contributed by atoms with E-state index in [0.29, 0.717) is 6.42 Å². The zero-order valence-electron chi connectivity index (χ0n) is 8.68. The van der Waals surface area contributed by atoms with Crippen molar-refractivity contribution < 1.29 is 4.79 Å². The maximum Gasteiger partial charge on any atom is 0.217 e. The number of rotatable bonds is 5. The summed E-state index contributed by atoms with van der Waals surface area (Å²) >= 11 is 0. The van der Waals surface area contributed by atoms with Crippen LogP contribution >= 0.6 is 0 Å². The molecule has 0 spiro atoms. The maximum atomic E-state index is 9.98. The van der Waals surface area contributed by atoms with Gasteiger partial charge in [0.1, 0.15) is 0 Å². The lowest BCUT2D eigenvalue weighted by Crippen LogP contribution is -2.09. The highest BCUT2D eigenvalue weighted by Crippen LogP contribution is 1.90. The number of primary amides is 1. The summed E-state index contributed by atoms with van der Waals surface area (Å²) in [6, 6.07) is 2.07. The number of amides is 1. The number of carbonyl (C=O) groups excluding carboxylic acids is 1. The van der Waals surface area contributed by atoms with Gasteiger partial charge in [-0.25, -0.2) is 0 Å². The minimum Gasteiger partial charge on any atom is -0.370 e. The molecule has 0 fully saturated rings. The van der Waals surface area contributed by atoms with Crippen LogP contribution < -0.4 is 5.73 Å². The van der Waals surface area contributed by atoms with Crippen molar-refractivity contribution in [1.29, 1.82) is 5.26 Å². The fourth-order valence-electron chi connectivity index (χ4n) is 0.607. The van der Waals surface area contributed by atoms with Crippen molar-refractivity contribution in [3.8, 4) is 6.07 Å². The minimum atomic E-state index is -0.193. The number of nitrogens with two attached hydrogens (primary N) is 1. The van der Waals surface area contributed by atoms with Crippen LogP contribution in [-0.4, -0.2) is 5.91 Å². The largest absolute Gasteiger partial charge is 0.370 e. The first-order valence-electron chi connectivity index (χ1n) is 4.84. The molecule has 0 aromatic heterocycles. The molecule has 0 saturated heterocycles. The SMILES string of the molecule is CCCCC#N.CCCCC(N)=O. The molecule has 0 aliphatic rings. The second-order valence-electron chi connectivity index (χ2n) is 2.83. The van der Waals surface area contributed by atoms with E-state index >= 15 is 0 Å². The number of nitriles is 1. The summed E-state index contributed by atoms with van der Waals surface area (Å²) in [6.07, 6.45) is 5.41. The van der Waals surface area contributed by atoms with E-state index in [1.54, 1.807) is 0 Å². The van der Waals surface area contributed by atoms with Gasteiger partial charge in [0.05, 0.1) is 6.07 Å². The van der Waals surface area contributed by atoms with Crippen molar-refractivity contribution >= 4 is 5.91 Å². The quantitative estimate of drug-likeness (QED) is 0.666. The molecule has 0 heterocycles. The smallest absolute Gasteiger partial charge is 0.217 e. The lowest BCUT2D eigenvalue weighted by molar-refractivity contribution is -0.118. The van der Waals surface area contributed by atoms with E-state index in [9.17, 15) is 4.79 Å². The number of carbonyl (C=O) groups is 1. The third-order valence-corrected chi connectivity index (χ3v) is 1.42. The van der Waals surface area contributed by atoms with Crippen LogP contribution in [0.1, 0.15) is 52.4 Å². The molecule has 0 aliphatic carbocycles. The summed E-state index contributed by atoms with van der Waals surface area (Å²) < 4.78 is 0. The van der Waals surface area contributed by atoms with Crippen LogP contribution in [0.3, 0.4) is 0 Å². The number of unbranched alkanes of at least 4 members (excludes halogenated alkanes) is 3. The summed E-state index contributed by atoms with van der Waals surface area (Å²) in [7, 11) is 0. The summed E-state index contributed by atoms with van der Waals surface area (Å²) in [6.45, 7) is 4.11. The molecular weight excluding hydrogens is 164 g/mol. The first-order valence-corrected chi connectivity index (χ1v) is 4.84. The Hall–Kier alpha value is -1.04. The van der Waals surface area contributed by atoms with E-state index in [1.807, 2.05) is 6.92 Å². The van der Waals surface area contributed by atoms with Crippen LogP contribution in [0.4, 0.5) is 0 Å². The predicted molar refractivity (Wildman–Crippen MR) is 53.9 cm³/mol. The zero-order valence-corrected chi connectivity index (χ0v) is 8.68. The van der Waals surface area contributed by atoms with Crippen molar-refractivity contribution in [3.05, 3.63) is 0 Å². The fraction of sp³-hybridized carbons (Fsp3) is 0.800. The Morgan fingerprint density at radius 2 is 1.85 bits per heavy atom. The molecular formula is C10H20N2O. The van der Waals surface area contributed by atoms with Gasteiger partial charge in [0.15, 0.2) is 0 Å². The van der Waals surface area contributed by atoms with Gasteiger partial charge < -0.3 is 5.73 Å². The molecule has 0 atom stereocenters. The summed E-state index contributed by atoms with van der Waals surface area (Å²) in [4.78, 5) is 9.98. The Kier molecular flexibility index (Phi) is 15.1. The van der Waals surface area contributed by atoms with Crippen molar-refractivity contribution in [2.45, 2.75) is 52.4 Å². The highest BCUT2D eigenvalue weighted by molar-refractivity contribution is 5.73. The average molecular weight is 184 g/mol. The van der Waals surface area contributed by atoms with E-state index in [0.717, 1.165) is 32.1 Å². The molecule has 13 heavy (non-hydrogen) atoms. The van der Waals surface area contributed by atoms with Gasteiger partial charge in [-0.15, -0.1) is 0 Å². The van der Waals surface area contributed by atoms with Crippen LogP contribution in [0, 0.1) is 11.3 Å². The van der Waals surface area contributed by atoms with Gasteiger partial charge in [-0.3, -0.25) is 4.79 Å². The third-order valence-electron chi connectivity index (χ3n) is 1.42. The zero-order chi connectivity index (χ0) is 10.5.